The predicted molar refractivity (Wildman–Crippen MR) is 52.7 cm³/mol. The van der Waals surface area contributed by atoms with Crippen LogP contribution in [-0.4, -0.2) is 29.4 Å². The molecule has 1 aromatic heterocycles. The van der Waals surface area contributed by atoms with Crippen LogP contribution in [0.2, 0.25) is 0 Å². The second kappa shape index (κ2) is 3.79. The number of hydrogen-bond donors (Lipinski definition) is 2. The summed E-state index contributed by atoms with van der Waals surface area (Å²) < 4.78 is 1.81. The number of anilines is 1. The summed E-state index contributed by atoms with van der Waals surface area (Å²) >= 11 is 0. The van der Waals surface area contributed by atoms with Crippen LogP contribution >= 0.6 is 0 Å². The van der Waals surface area contributed by atoms with Crippen LogP contribution in [0.5, 0.6) is 0 Å². The number of aryl methyl sites for hydroxylation is 1. The summed E-state index contributed by atoms with van der Waals surface area (Å²) in [5.41, 5.74) is 0. The van der Waals surface area contributed by atoms with E-state index in [0.717, 1.165) is 18.3 Å². The normalized spacial score (nSPS) is 17.0. The summed E-state index contributed by atoms with van der Waals surface area (Å²) in [5, 5.41) is 10.8. The maximum absolute atomic E-state index is 4.24. The molecule has 1 aliphatic rings. The summed E-state index contributed by atoms with van der Waals surface area (Å²) in [6.07, 6.45) is 3.19. The van der Waals surface area contributed by atoms with E-state index in [0.29, 0.717) is 0 Å². The SMILES string of the molecule is Cn1ccc(NCCC2CNC2)n1. The second-order valence-electron chi connectivity index (χ2n) is 3.61. The van der Waals surface area contributed by atoms with Crippen molar-refractivity contribution in [1.82, 2.24) is 15.1 Å². The van der Waals surface area contributed by atoms with Crippen LogP contribution in [0.3, 0.4) is 0 Å². The third kappa shape index (κ3) is 2.21. The molecule has 2 N–H and O–H groups in total. The van der Waals surface area contributed by atoms with Crippen LogP contribution < -0.4 is 10.6 Å². The number of nitrogens with one attached hydrogen (secondary N) is 2. The van der Waals surface area contributed by atoms with E-state index in [9.17, 15) is 0 Å². The van der Waals surface area contributed by atoms with E-state index in [4.69, 9.17) is 0 Å². The minimum absolute atomic E-state index is 0.871. The lowest BCUT2D eigenvalue weighted by Crippen LogP contribution is -2.42. The highest BCUT2D eigenvalue weighted by Crippen LogP contribution is 2.08. The maximum Gasteiger partial charge on any atom is 0.147 e. The molecule has 13 heavy (non-hydrogen) atoms. The molecular weight excluding hydrogens is 164 g/mol. The number of aromatic nitrogens is 2. The van der Waals surface area contributed by atoms with Crippen molar-refractivity contribution in [1.29, 1.82) is 0 Å². The largest absolute Gasteiger partial charge is 0.369 e. The fraction of sp³-hybridized carbons (Fsp3) is 0.667. The van der Waals surface area contributed by atoms with Gasteiger partial charge in [0.1, 0.15) is 5.82 Å². The molecule has 0 spiro atoms. The molecule has 1 saturated heterocycles. The first-order chi connectivity index (χ1) is 6.34. The minimum atomic E-state index is 0.871. The molecule has 1 aromatic rings. The Morgan fingerprint density at radius 3 is 3.08 bits per heavy atom. The first-order valence-corrected chi connectivity index (χ1v) is 4.79. The van der Waals surface area contributed by atoms with Gasteiger partial charge in [-0.15, -0.1) is 0 Å². The van der Waals surface area contributed by atoms with Gasteiger partial charge in [-0.25, -0.2) is 0 Å². The second-order valence-corrected chi connectivity index (χ2v) is 3.61. The van der Waals surface area contributed by atoms with Gasteiger partial charge in [-0.05, 0) is 25.4 Å². The van der Waals surface area contributed by atoms with Crippen molar-refractivity contribution < 1.29 is 0 Å². The molecule has 0 amide bonds. The van der Waals surface area contributed by atoms with Gasteiger partial charge >= 0.3 is 0 Å². The van der Waals surface area contributed by atoms with Gasteiger partial charge in [0.05, 0.1) is 0 Å². The van der Waals surface area contributed by atoms with E-state index in [-0.39, 0.29) is 0 Å². The van der Waals surface area contributed by atoms with Crippen LogP contribution in [0.4, 0.5) is 5.82 Å². The van der Waals surface area contributed by atoms with E-state index in [1.165, 1.54) is 19.5 Å². The molecule has 0 atom stereocenters. The fourth-order valence-electron chi connectivity index (χ4n) is 1.47. The van der Waals surface area contributed by atoms with E-state index in [1.807, 2.05) is 24.0 Å². The molecule has 4 nitrogen and oxygen atoms in total. The first-order valence-electron chi connectivity index (χ1n) is 4.79. The van der Waals surface area contributed by atoms with E-state index in [2.05, 4.69) is 15.7 Å². The molecule has 1 fully saturated rings. The molecular formula is C9H16N4. The monoisotopic (exact) mass is 180 g/mol. The van der Waals surface area contributed by atoms with E-state index < -0.39 is 0 Å². The van der Waals surface area contributed by atoms with Gasteiger partial charge in [-0.3, -0.25) is 4.68 Å². The Morgan fingerprint density at radius 1 is 1.69 bits per heavy atom. The van der Waals surface area contributed by atoms with Crippen LogP contribution in [0.25, 0.3) is 0 Å². The van der Waals surface area contributed by atoms with E-state index in [1.54, 1.807) is 0 Å². The Hall–Kier alpha value is -1.03. The molecule has 0 aromatic carbocycles. The van der Waals surface area contributed by atoms with Crippen molar-refractivity contribution >= 4 is 5.82 Å². The van der Waals surface area contributed by atoms with Gasteiger partial charge < -0.3 is 10.6 Å². The first kappa shape index (κ1) is 8.56. The third-order valence-electron chi connectivity index (χ3n) is 2.44. The number of hydrogen-bond acceptors (Lipinski definition) is 3. The molecule has 0 bridgehead atoms. The minimum Gasteiger partial charge on any atom is -0.369 e. The highest BCUT2D eigenvalue weighted by atomic mass is 15.3. The van der Waals surface area contributed by atoms with Crippen molar-refractivity contribution in [2.24, 2.45) is 13.0 Å². The predicted octanol–water partition coefficient (Wildman–Crippen LogP) is 0.441. The van der Waals surface area contributed by atoms with Crippen LogP contribution in [0, 0.1) is 5.92 Å². The average Bonchev–Trinajstić information content (AvgIpc) is 2.42. The summed E-state index contributed by atoms with van der Waals surface area (Å²) in [6, 6.07) is 2.00. The fourth-order valence-corrected chi connectivity index (χ4v) is 1.47. The summed E-state index contributed by atoms with van der Waals surface area (Å²) in [6.45, 7) is 3.40. The lowest BCUT2D eigenvalue weighted by atomic mass is 10.00. The molecule has 0 unspecified atom stereocenters. The molecule has 72 valence electrons. The van der Waals surface area contributed by atoms with Gasteiger partial charge in [-0.2, -0.15) is 5.10 Å². The van der Waals surface area contributed by atoms with Gasteiger partial charge in [0.15, 0.2) is 0 Å². The third-order valence-corrected chi connectivity index (χ3v) is 2.44. The summed E-state index contributed by atoms with van der Waals surface area (Å²) in [5.74, 6) is 1.85. The van der Waals surface area contributed by atoms with Gasteiger partial charge in [0.25, 0.3) is 0 Å². The van der Waals surface area contributed by atoms with Crippen LogP contribution in [-0.2, 0) is 7.05 Å². The highest BCUT2D eigenvalue weighted by Gasteiger charge is 2.15. The van der Waals surface area contributed by atoms with Gasteiger partial charge in [-0.1, -0.05) is 0 Å². The van der Waals surface area contributed by atoms with Crippen molar-refractivity contribution in [3.8, 4) is 0 Å². The zero-order valence-corrected chi connectivity index (χ0v) is 7.95. The molecule has 0 saturated carbocycles. The van der Waals surface area contributed by atoms with Crippen LogP contribution in [0.1, 0.15) is 6.42 Å². The lowest BCUT2D eigenvalue weighted by Gasteiger charge is -2.26. The number of rotatable bonds is 4. The van der Waals surface area contributed by atoms with Crippen molar-refractivity contribution in [3.63, 3.8) is 0 Å². The van der Waals surface area contributed by atoms with Crippen LogP contribution in [0.15, 0.2) is 12.3 Å². The molecule has 2 heterocycles. The highest BCUT2D eigenvalue weighted by molar-refractivity contribution is 5.31. The Kier molecular flexibility index (Phi) is 2.49. The zero-order chi connectivity index (χ0) is 9.10. The van der Waals surface area contributed by atoms with Gasteiger partial charge in [0, 0.05) is 25.9 Å². The molecule has 1 aliphatic heterocycles. The van der Waals surface area contributed by atoms with E-state index >= 15 is 0 Å². The van der Waals surface area contributed by atoms with Gasteiger partial charge in [0.2, 0.25) is 0 Å². The Morgan fingerprint density at radius 2 is 2.54 bits per heavy atom. The molecule has 4 heteroatoms. The zero-order valence-electron chi connectivity index (χ0n) is 7.95. The Balaban J connectivity index is 1.67. The summed E-state index contributed by atoms with van der Waals surface area (Å²) in [4.78, 5) is 0. The van der Waals surface area contributed by atoms with Crippen molar-refractivity contribution in [2.75, 3.05) is 25.0 Å². The van der Waals surface area contributed by atoms with Crippen molar-refractivity contribution in [2.45, 2.75) is 6.42 Å². The lowest BCUT2D eigenvalue weighted by molar-refractivity contribution is 0.334. The molecule has 0 radical (unpaired) electrons. The number of nitrogens with zero attached hydrogens (tertiary/aromatic N) is 2. The van der Waals surface area contributed by atoms with Crippen molar-refractivity contribution in [3.05, 3.63) is 12.3 Å². The average molecular weight is 180 g/mol. The maximum atomic E-state index is 4.24. The quantitative estimate of drug-likeness (QED) is 0.706. The molecule has 0 aliphatic carbocycles. The molecule has 2 rings (SSSR count). The topological polar surface area (TPSA) is 41.9 Å². The smallest absolute Gasteiger partial charge is 0.147 e. The Bertz CT molecular complexity index is 264. The Labute approximate surface area is 78.3 Å². The summed E-state index contributed by atoms with van der Waals surface area (Å²) in [7, 11) is 1.93. The standard InChI is InChI=1S/C9H16N4/c1-13-5-3-9(12-13)11-4-2-8-6-10-7-8/h3,5,8,10H,2,4,6-7H2,1H3,(H,11,12).